The van der Waals surface area contributed by atoms with E-state index < -0.39 is 6.04 Å². The van der Waals surface area contributed by atoms with Crippen LogP contribution in [0, 0.1) is 20.8 Å². The zero-order valence-electron chi connectivity index (χ0n) is 21.4. The molecule has 0 aliphatic carbocycles. The van der Waals surface area contributed by atoms with Crippen molar-refractivity contribution in [1.82, 2.24) is 10.2 Å². The molecule has 3 rings (SSSR count). The number of carbonyl (C=O) groups is 2. The number of rotatable bonds is 10. The van der Waals surface area contributed by atoms with E-state index in [4.69, 9.17) is 4.74 Å². The summed E-state index contributed by atoms with van der Waals surface area (Å²) in [4.78, 5) is 28.7. The van der Waals surface area contributed by atoms with Crippen LogP contribution >= 0.6 is 0 Å². The van der Waals surface area contributed by atoms with E-state index in [1.54, 1.807) is 4.90 Å². The fourth-order valence-electron chi connectivity index (χ4n) is 4.04. The van der Waals surface area contributed by atoms with E-state index >= 15 is 0 Å². The number of hydrogen-bond donors (Lipinski definition) is 1. The smallest absolute Gasteiger partial charge is 0.261 e. The molecule has 5 heteroatoms. The molecule has 0 bridgehead atoms. The first-order chi connectivity index (χ1) is 16.7. The maximum Gasteiger partial charge on any atom is 0.261 e. The summed E-state index contributed by atoms with van der Waals surface area (Å²) in [6.45, 7) is 10.0. The van der Waals surface area contributed by atoms with Gasteiger partial charge < -0.3 is 15.0 Å². The lowest BCUT2D eigenvalue weighted by atomic mass is 10.0. The van der Waals surface area contributed by atoms with E-state index in [2.05, 4.69) is 5.32 Å². The minimum Gasteiger partial charge on any atom is -0.483 e. The Morgan fingerprint density at radius 1 is 0.886 bits per heavy atom. The highest BCUT2D eigenvalue weighted by molar-refractivity contribution is 5.88. The molecule has 5 nitrogen and oxygen atoms in total. The molecule has 35 heavy (non-hydrogen) atoms. The Morgan fingerprint density at radius 2 is 1.57 bits per heavy atom. The number of benzene rings is 3. The number of hydrogen-bond acceptors (Lipinski definition) is 3. The zero-order valence-corrected chi connectivity index (χ0v) is 21.4. The highest BCUT2D eigenvalue weighted by atomic mass is 16.5. The lowest BCUT2D eigenvalue weighted by Crippen LogP contribution is -2.52. The first-order valence-electron chi connectivity index (χ1n) is 12.1. The molecule has 0 saturated carbocycles. The Kier molecular flexibility index (Phi) is 9.07. The summed E-state index contributed by atoms with van der Waals surface area (Å²) in [6.07, 6.45) is 0.417. The summed E-state index contributed by atoms with van der Waals surface area (Å²) < 4.78 is 5.96. The molecule has 184 valence electrons. The second-order valence-corrected chi connectivity index (χ2v) is 9.37. The van der Waals surface area contributed by atoms with Gasteiger partial charge in [-0.1, -0.05) is 72.3 Å². The first kappa shape index (κ1) is 26.0. The van der Waals surface area contributed by atoms with E-state index in [-0.39, 0.29) is 24.5 Å². The predicted octanol–water partition coefficient (Wildman–Crippen LogP) is 5.16. The molecule has 0 aliphatic heterocycles. The molecule has 1 N–H and O–H groups in total. The summed E-state index contributed by atoms with van der Waals surface area (Å²) in [5.74, 6) is 0.281. The highest BCUT2D eigenvalue weighted by Crippen LogP contribution is 2.21. The molecule has 0 unspecified atom stereocenters. The van der Waals surface area contributed by atoms with Crippen LogP contribution in [0.1, 0.15) is 41.7 Å². The standard InChI is InChI=1S/C30H36N2O3/c1-21(2)31-30(34)27(18-25-13-7-6-8-14-25)32(19-26-15-9-11-22(3)17-26)29(33)20-35-28-16-10-12-23(4)24(28)5/h6-17,21,27H,18-20H2,1-5H3,(H,31,34)/t27-/m0/s1. The van der Waals surface area contributed by atoms with E-state index in [0.717, 1.165) is 27.8 Å². The van der Waals surface area contributed by atoms with Crippen molar-refractivity contribution < 1.29 is 14.3 Å². The van der Waals surface area contributed by atoms with Crippen molar-refractivity contribution in [2.45, 2.75) is 59.7 Å². The van der Waals surface area contributed by atoms with Gasteiger partial charge in [-0.15, -0.1) is 0 Å². The van der Waals surface area contributed by atoms with Gasteiger partial charge in [0.15, 0.2) is 6.61 Å². The predicted molar refractivity (Wildman–Crippen MR) is 140 cm³/mol. The number of carbonyl (C=O) groups excluding carboxylic acids is 2. The average Bonchev–Trinajstić information content (AvgIpc) is 2.82. The minimum atomic E-state index is -0.671. The van der Waals surface area contributed by atoms with Crippen LogP contribution in [0.5, 0.6) is 5.75 Å². The SMILES string of the molecule is Cc1cccc(CN(C(=O)COc2cccc(C)c2C)[C@@H](Cc2ccccc2)C(=O)NC(C)C)c1. The van der Waals surface area contributed by atoms with Crippen LogP contribution in [0.3, 0.4) is 0 Å². The molecule has 0 radical (unpaired) electrons. The van der Waals surface area contributed by atoms with Gasteiger partial charge in [0.2, 0.25) is 5.91 Å². The second kappa shape index (κ2) is 12.2. The van der Waals surface area contributed by atoms with Crippen molar-refractivity contribution in [3.63, 3.8) is 0 Å². The lowest BCUT2D eigenvalue weighted by molar-refractivity contribution is -0.143. The van der Waals surface area contributed by atoms with Gasteiger partial charge in [-0.05, 0) is 62.9 Å². The Bertz CT molecular complexity index is 1140. The fraction of sp³-hybridized carbons (Fsp3) is 0.333. The number of nitrogens with zero attached hydrogens (tertiary/aromatic N) is 1. The third-order valence-electron chi connectivity index (χ3n) is 6.04. The van der Waals surface area contributed by atoms with Crippen LogP contribution < -0.4 is 10.1 Å². The van der Waals surface area contributed by atoms with Crippen molar-refractivity contribution in [2.75, 3.05) is 6.61 Å². The molecule has 3 aromatic rings. The summed E-state index contributed by atoms with van der Waals surface area (Å²) in [5.41, 5.74) is 5.18. The molecule has 0 fully saturated rings. The number of ether oxygens (including phenoxy) is 1. The molecule has 0 heterocycles. The van der Waals surface area contributed by atoms with Gasteiger partial charge in [0.25, 0.3) is 5.91 Å². The topological polar surface area (TPSA) is 58.6 Å². The largest absolute Gasteiger partial charge is 0.483 e. The molecule has 2 amide bonds. The average molecular weight is 473 g/mol. The lowest BCUT2D eigenvalue weighted by Gasteiger charge is -2.32. The minimum absolute atomic E-state index is 0.0390. The summed E-state index contributed by atoms with van der Waals surface area (Å²) in [7, 11) is 0. The van der Waals surface area contributed by atoms with Crippen LogP contribution in [0.15, 0.2) is 72.8 Å². The van der Waals surface area contributed by atoms with Crippen molar-refractivity contribution in [3.8, 4) is 5.75 Å². The van der Waals surface area contributed by atoms with Gasteiger partial charge in [0.05, 0.1) is 0 Å². The van der Waals surface area contributed by atoms with Gasteiger partial charge in [-0.25, -0.2) is 0 Å². The Morgan fingerprint density at radius 3 is 2.26 bits per heavy atom. The van der Waals surface area contributed by atoms with Crippen molar-refractivity contribution in [3.05, 3.63) is 101 Å². The van der Waals surface area contributed by atoms with Gasteiger partial charge in [0, 0.05) is 19.0 Å². The van der Waals surface area contributed by atoms with Gasteiger partial charge in [-0.3, -0.25) is 9.59 Å². The third-order valence-corrected chi connectivity index (χ3v) is 6.04. The van der Waals surface area contributed by atoms with Gasteiger partial charge >= 0.3 is 0 Å². The maximum atomic E-state index is 13.6. The Balaban J connectivity index is 1.93. The third kappa shape index (κ3) is 7.44. The molecule has 0 saturated heterocycles. The highest BCUT2D eigenvalue weighted by Gasteiger charge is 2.31. The number of nitrogens with one attached hydrogen (secondary N) is 1. The molecule has 1 atom stereocenters. The first-order valence-corrected chi connectivity index (χ1v) is 12.1. The number of aryl methyl sites for hydroxylation is 2. The Hall–Kier alpha value is -3.60. The van der Waals surface area contributed by atoms with Crippen LogP contribution in [-0.4, -0.2) is 35.4 Å². The number of amides is 2. The molecule has 0 aliphatic rings. The molecule has 0 aromatic heterocycles. The Labute approximate surface area is 209 Å². The van der Waals surface area contributed by atoms with E-state index in [0.29, 0.717) is 18.7 Å². The molecular formula is C30H36N2O3. The molecule has 3 aromatic carbocycles. The summed E-state index contributed by atoms with van der Waals surface area (Å²) in [5, 5.41) is 3.01. The van der Waals surface area contributed by atoms with Crippen molar-refractivity contribution in [1.29, 1.82) is 0 Å². The zero-order chi connectivity index (χ0) is 25.4. The fourth-order valence-corrected chi connectivity index (χ4v) is 4.04. The monoisotopic (exact) mass is 472 g/mol. The van der Waals surface area contributed by atoms with Crippen LogP contribution in [0.2, 0.25) is 0 Å². The van der Waals surface area contributed by atoms with E-state index in [1.807, 2.05) is 107 Å². The van der Waals surface area contributed by atoms with Gasteiger partial charge in [-0.2, -0.15) is 0 Å². The molecule has 0 spiro atoms. The van der Waals surface area contributed by atoms with E-state index in [9.17, 15) is 9.59 Å². The van der Waals surface area contributed by atoms with Crippen LogP contribution in [0.25, 0.3) is 0 Å². The van der Waals surface area contributed by atoms with Crippen LogP contribution in [0.4, 0.5) is 0 Å². The molecular weight excluding hydrogens is 436 g/mol. The maximum absolute atomic E-state index is 13.6. The second-order valence-electron chi connectivity index (χ2n) is 9.37. The normalized spacial score (nSPS) is 11.7. The summed E-state index contributed by atoms with van der Waals surface area (Å²) in [6, 6.07) is 22.9. The van der Waals surface area contributed by atoms with Crippen LogP contribution in [-0.2, 0) is 22.6 Å². The van der Waals surface area contributed by atoms with Gasteiger partial charge in [0.1, 0.15) is 11.8 Å². The summed E-state index contributed by atoms with van der Waals surface area (Å²) >= 11 is 0. The van der Waals surface area contributed by atoms with Crippen molar-refractivity contribution >= 4 is 11.8 Å². The quantitative estimate of drug-likeness (QED) is 0.444. The van der Waals surface area contributed by atoms with Crippen molar-refractivity contribution in [2.24, 2.45) is 0 Å². The van der Waals surface area contributed by atoms with E-state index in [1.165, 1.54) is 0 Å².